The van der Waals surface area contributed by atoms with E-state index in [0.717, 1.165) is 24.8 Å². The minimum Gasteiger partial charge on any atom is -0.355 e. The van der Waals surface area contributed by atoms with Gasteiger partial charge in [0.2, 0.25) is 11.8 Å². The van der Waals surface area contributed by atoms with Crippen molar-refractivity contribution in [2.24, 2.45) is 11.8 Å². The number of hydrogen-bond acceptors (Lipinski definition) is 2. The number of hydrogen-bond donors (Lipinski definition) is 2. The van der Waals surface area contributed by atoms with Gasteiger partial charge in [0.15, 0.2) is 0 Å². The van der Waals surface area contributed by atoms with Gasteiger partial charge in [-0.1, -0.05) is 50.6 Å². The van der Waals surface area contributed by atoms with Crippen LogP contribution in [0.5, 0.6) is 0 Å². The lowest BCUT2D eigenvalue weighted by Crippen LogP contribution is -2.33. The normalized spacial score (nSPS) is 21.0. The smallest absolute Gasteiger partial charge is 0.223 e. The highest BCUT2D eigenvalue weighted by atomic mass is 16.2. The predicted molar refractivity (Wildman–Crippen MR) is 87.1 cm³/mol. The van der Waals surface area contributed by atoms with Crippen molar-refractivity contribution in [3.8, 4) is 0 Å². The van der Waals surface area contributed by atoms with Gasteiger partial charge in [-0.05, 0) is 24.3 Å². The highest BCUT2D eigenvalue weighted by molar-refractivity contribution is 5.82. The Hall–Kier alpha value is -1.84. The fourth-order valence-electron chi connectivity index (χ4n) is 2.68. The summed E-state index contributed by atoms with van der Waals surface area (Å²) < 4.78 is 0. The van der Waals surface area contributed by atoms with E-state index < -0.39 is 0 Å². The van der Waals surface area contributed by atoms with Crippen LogP contribution in [0.2, 0.25) is 0 Å². The second-order valence-corrected chi connectivity index (χ2v) is 6.18. The van der Waals surface area contributed by atoms with E-state index in [2.05, 4.69) is 24.5 Å². The van der Waals surface area contributed by atoms with Gasteiger partial charge in [-0.3, -0.25) is 9.59 Å². The van der Waals surface area contributed by atoms with E-state index in [0.29, 0.717) is 18.9 Å². The van der Waals surface area contributed by atoms with Crippen molar-refractivity contribution in [1.82, 2.24) is 10.6 Å². The molecule has 0 unspecified atom stereocenters. The molecule has 1 aromatic carbocycles. The van der Waals surface area contributed by atoms with Gasteiger partial charge >= 0.3 is 0 Å². The first-order valence-electron chi connectivity index (χ1n) is 8.23. The van der Waals surface area contributed by atoms with Crippen molar-refractivity contribution in [1.29, 1.82) is 0 Å². The number of carbonyl (C=O) groups is 2. The van der Waals surface area contributed by atoms with Crippen LogP contribution in [-0.2, 0) is 9.59 Å². The quantitative estimate of drug-likeness (QED) is 0.776. The second-order valence-electron chi connectivity index (χ2n) is 6.18. The zero-order valence-electron chi connectivity index (χ0n) is 13.5. The maximum atomic E-state index is 12.1. The standard InChI is InChI=1S/C18H26N2O2/c1-3-7-16(14-8-5-4-6-9-14)20-17(21)10-11-19-18(22)15-12-13(15)2/h4-6,8-9,13,15-16H,3,7,10-12H2,1-2H3,(H,19,22)(H,20,21)/t13-,15+,16+/m0/s1. The minimum absolute atomic E-state index is 0.00792. The van der Waals surface area contributed by atoms with Crippen molar-refractivity contribution in [3.63, 3.8) is 0 Å². The fraction of sp³-hybridized carbons (Fsp3) is 0.556. The summed E-state index contributed by atoms with van der Waals surface area (Å²) >= 11 is 0. The number of nitrogens with one attached hydrogen (secondary N) is 2. The first-order valence-corrected chi connectivity index (χ1v) is 8.23. The van der Waals surface area contributed by atoms with Gasteiger partial charge in [0.25, 0.3) is 0 Å². The molecule has 0 saturated heterocycles. The van der Waals surface area contributed by atoms with E-state index in [4.69, 9.17) is 0 Å². The third kappa shape index (κ3) is 4.86. The molecule has 120 valence electrons. The average Bonchev–Trinajstić information content (AvgIpc) is 3.25. The summed E-state index contributed by atoms with van der Waals surface area (Å²) in [5, 5.41) is 5.92. The van der Waals surface area contributed by atoms with Crippen molar-refractivity contribution in [3.05, 3.63) is 35.9 Å². The molecule has 0 spiro atoms. The highest BCUT2D eigenvalue weighted by Crippen LogP contribution is 2.37. The van der Waals surface area contributed by atoms with E-state index in [1.165, 1.54) is 0 Å². The Kier molecular flexibility index (Phi) is 5.99. The molecule has 1 saturated carbocycles. The topological polar surface area (TPSA) is 58.2 Å². The molecule has 3 atom stereocenters. The number of rotatable bonds is 8. The summed E-state index contributed by atoms with van der Waals surface area (Å²) in [6.45, 7) is 4.60. The third-order valence-corrected chi connectivity index (χ3v) is 4.21. The fourth-order valence-corrected chi connectivity index (χ4v) is 2.68. The Morgan fingerprint density at radius 1 is 1.27 bits per heavy atom. The summed E-state index contributed by atoms with van der Waals surface area (Å²) in [6.07, 6.45) is 3.24. The summed E-state index contributed by atoms with van der Waals surface area (Å²) in [4.78, 5) is 23.8. The number of carbonyl (C=O) groups excluding carboxylic acids is 2. The lowest BCUT2D eigenvalue weighted by Gasteiger charge is -2.18. The molecular weight excluding hydrogens is 276 g/mol. The highest BCUT2D eigenvalue weighted by Gasteiger charge is 2.38. The molecule has 1 aromatic rings. The van der Waals surface area contributed by atoms with Gasteiger partial charge in [0, 0.05) is 18.9 Å². The Balaban J connectivity index is 1.75. The first-order chi connectivity index (χ1) is 10.6. The molecule has 1 aliphatic carbocycles. The van der Waals surface area contributed by atoms with Gasteiger partial charge in [0.1, 0.15) is 0 Å². The lowest BCUT2D eigenvalue weighted by atomic mass is 10.0. The molecule has 22 heavy (non-hydrogen) atoms. The number of amides is 2. The molecule has 2 amide bonds. The van der Waals surface area contributed by atoms with Gasteiger partial charge in [-0.15, -0.1) is 0 Å². The molecule has 0 heterocycles. The number of benzene rings is 1. The van der Waals surface area contributed by atoms with Crippen molar-refractivity contribution < 1.29 is 9.59 Å². The minimum atomic E-state index is -0.00792. The monoisotopic (exact) mass is 302 g/mol. The summed E-state index contributed by atoms with van der Waals surface area (Å²) in [5.41, 5.74) is 1.13. The van der Waals surface area contributed by atoms with Gasteiger partial charge in [-0.25, -0.2) is 0 Å². The Labute approximate surface area is 132 Å². The largest absolute Gasteiger partial charge is 0.355 e. The first kappa shape index (κ1) is 16.5. The zero-order valence-corrected chi connectivity index (χ0v) is 13.5. The van der Waals surface area contributed by atoms with Crippen LogP contribution in [0.25, 0.3) is 0 Å². The van der Waals surface area contributed by atoms with Gasteiger partial charge in [0.05, 0.1) is 6.04 Å². The molecule has 4 heteroatoms. The van der Waals surface area contributed by atoms with Crippen molar-refractivity contribution >= 4 is 11.8 Å². The summed E-state index contributed by atoms with van der Waals surface area (Å²) in [5.74, 6) is 0.751. The Morgan fingerprint density at radius 2 is 1.95 bits per heavy atom. The molecule has 0 bridgehead atoms. The van der Waals surface area contributed by atoms with E-state index in [9.17, 15) is 9.59 Å². The summed E-state index contributed by atoms with van der Waals surface area (Å²) in [6, 6.07) is 10.1. The Bertz CT molecular complexity index is 501. The van der Waals surface area contributed by atoms with E-state index >= 15 is 0 Å². The van der Waals surface area contributed by atoms with Crippen LogP contribution in [0.15, 0.2) is 30.3 Å². The van der Waals surface area contributed by atoms with Crippen molar-refractivity contribution in [2.45, 2.75) is 45.6 Å². The van der Waals surface area contributed by atoms with Crippen LogP contribution < -0.4 is 10.6 Å². The van der Waals surface area contributed by atoms with E-state index in [1.54, 1.807) is 0 Å². The van der Waals surface area contributed by atoms with Crippen molar-refractivity contribution in [2.75, 3.05) is 6.54 Å². The molecule has 4 nitrogen and oxygen atoms in total. The molecular formula is C18H26N2O2. The molecule has 1 aliphatic rings. The SMILES string of the molecule is CCC[C@@H](NC(=O)CCNC(=O)[C@@H]1C[C@@H]1C)c1ccccc1. The van der Waals surface area contributed by atoms with Crippen LogP contribution >= 0.6 is 0 Å². The van der Waals surface area contributed by atoms with Crippen LogP contribution in [0.4, 0.5) is 0 Å². The molecule has 0 aliphatic heterocycles. The molecule has 2 rings (SSSR count). The summed E-state index contributed by atoms with van der Waals surface area (Å²) in [7, 11) is 0. The molecule has 1 fully saturated rings. The van der Waals surface area contributed by atoms with Crippen LogP contribution in [0.3, 0.4) is 0 Å². The molecule has 0 radical (unpaired) electrons. The lowest BCUT2D eigenvalue weighted by molar-refractivity contribution is -0.123. The van der Waals surface area contributed by atoms with Crippen LogP contribution in [0.1, 0.15) is 51.1 Å². The van der Waals surface area contributed by atoms with E-state index in [-0.39, 0.29) is 23.8 Å². The van der Waals surface area contributed by atoms with Crippen LogP contribution in [0, 0.1) is 11.8 Å². The van der Waals surface area contributed by atoms with Gasteiger partial charge < -0.3 is 10.6 Å². The maximum Gasteiger partial charge on any atom is 0.223 e. The Morgan fingerprint density at radius 3 is 2.55 bits per heavy atom. The van der Waals surface area contributed by atoms with Crippen LogP contribution in [-0.4, -0.2) is 18.4 Å². The third-order valence-electron chi connectivity index (χ3n) is 4.21. The molecule has 2 N–H and O–H groups in total. The second kappa shape index (κ2) is 7.97. The predicted octanol–water partition coefficient (Wildman–Crippen LogP) is 2.81. The average molecular weight is 302 g/mol. The molecule has 0 aromatic heterocycles. The zero-order chi connectivity index (χ0) is 15.9. The van der Waals surface area contributed by atoms with E-state index in [1.807, 2.05) is 30.3 Å². The van der Waals surface area contributed by atoms with Gasteiger partial charge in [-0.2, -0.15) is 0 Å². The maximum absolute atomic E-state index is 12.1.